The lowest BCUT2D eigenvalue weighted by atomic mass is 10.3. The minimum atomic E-state index is 0.270. The van der Waals surface area contributed by atoms with E-state index < -0.39 is 0 Å². The molecule has 0 atom stereocenters. The van der Waals surface area contributed by atoms with Crippen LogP contribution >= 0.6 is 0 Å². The second-order valence-corrected chi connectivity index (χ2v) is 3.48. The fourth-order valence-corrected chi connectivity index (χ4v) is 1.29. The van der Waals surface area contributed by atoms with Crippen molar-refractivity contribution >= 4 is 0 Å². The molecule has 2 heterocycles. The van der Waals surface area contributed by atoms with Crippen molar-refractivity contribution in [3.8, 4) is 11.9 Å². The van der Waals surface area contributed by atoms with Gasteiger partial charge in [0.1, 0.15) is 0 Å². The molecular formula is C10H13N5O. The van der Waals surface area contributed by atoms with Crippen LogP contribution in [0.2, 0.25) is 0 Å². The first kappa shape index (κ1) is 10.6. The molecule has 0 saturated heterocycles. The average Bonchev–Trinajstić information content (AvgIpc) is 2.63. The van der Waals surface area contributed by atoms with Crippen LogP contribution in [0.4, 0.5) is 0 Å². The molecule has 0 fully saturated rings. The van der Waals surface area contributed by atoms with Crippen LogP contribution in [0.1, 0.15) is 17.1 Å². The Kier molecular flexibility index (Phi) is 2.82. The molecule has 2 rings (SSSR count). The molecule has 0 aromatic carbocycles. The Bertz CT molecular complexity index is 494. The second-order valence-electron chi connectivity index (χ2n) is 3.48. The molecular weight excluding hydrogens is 206 g/mol. The van der Waals surface area contributed by atoms with Crippen LogP contribution < -0.4 is 10.5 Å². The summed E-state index contributed by atoms with van der Waals surface area (Å²) < 4.78 is 5.40. The van der Waals surface area contributed by atoms with E-state index in [9.17, 15) is 0 Å². The van der Waals surface area contributed by atoms with E-state index in [1.165, 1.54) is 0 Å². The van der Waals surface area contributed by atoms with Crippen LogP contribution in [-0.4, -0.2) is 20.2 Å². The molecule has 0 aliphatic rings. The van der Waals surface area contributed by atoms with Gasteiger partial charge in [-0.1, -0.05) is 0 Å². The summed E-state index contributed by atoms with van der Waals surface area (Å²) in [5.74, 6) is 0.450. The van der Waals surface area contributed by atoms with Crippen molar-refractivity contribution in [3.05, 3.63) is 29.2 Å². The fraction of sp³-hybridized carbons (Fsp3) is 0.300. The van der Waals surface area contributed by atoms with Crippen molar-refractivity contribution in [3.63, 3.8) is 0 Å². The summed E-state index contributed by atoms with van der Waals surface area (Å²) in [7, 11) is 0. The van der Waals surface area contributed by atoms with Crippen LogP contribution in [0.25, 0.3) is 0 Å². The first-order valence-corrected chi connectivity index (χ1v) is 4.92. The molecule has 0 spiro atoms. The van der Waals surface area contributed by atoms with Gasteiger partial charge in [0.2, 0.25) is 5.88 Å². The minimum Gasteiger partial charge on any atom is -0.404 e. The normalized spacial score (nSPS) is 10.4. The Morgan fingerprint density at radius 1 is 1.31 bits per heavy atom. The molecule has 16 heavy (non-hydrogen) atoms. The van der Waals surface area contributed by atoms with Crippen LogP contribution in [0, 0.1) is 13.8 Å². The van der Waals surface area contributed by atoms with Crippen molar-refractivity contribution in [1.82, 2.24) is 20.2 Å². The zero-order valence-corrected chi connectivity index (χ0v) is 9.19. The van der Waals surface area contributed by atoms with Crippen molar-refractivity contribution in [2.45, 2.75) is 20.4 Å². The van der Waals surface area contributed by atoms with Gasteiger partial charge in [0.05, 0.1) is 5.69 Å². The van der Waals surface area contributed by atoms with Gasteiger partial charge < -0.3 is 10.5 Å². The number of rotatable bonds is 3. The third-order valence-corrected chi connectivity index (χ3v) is 1.97. The van der Waals surface area contributed by atoms with Gasteiger partial charge in [0, 0.05) is 24.0 Å². The molecule has 0 amide bonds. The average molecular weight is 219 g/mol. The van der Waals surface area contributed by atoms with E-state index in [-0.39, 0.29) is 6.01 Å². The molecule has 0 saturated carbocycles. The highest BCUT2D eigenvalue weighted by Crippen LogP contribution is 2.16. The smallest absolute Gasteiger partial charge is 0.323 e. The van der Waals surface area contributed by atoms with Gasteiger partial charge in [0.25, 0.3) is 0 Å². The topological polar surface area (TPSA) is 89.7 Å². The number of nitrogens with two attached hydrogens (primary N) is 1. The van der Waals surface area contributed by atoms with Crippen LogP contribution in [0.15, 0.2) is 12.1 Å². The van der Waals surface area contributed by atoms with Gasteiger partial charge in [-0.2, -0.15) is 4.98 Å². The van der Waals surface area contributed by atoms with Gasteiger partial charge >= 0.3 is 6.01 Å². The van der Waals surface area contributed by atoms with Crippen LogP contribution in [0.5, 0.6) is 11.9 Å². The molecule has 84 valence electrons. The Morgan fingerprint density at radius 3 is 2.75 bits per heavy atom. The number of nitrogens with one attached hydrogen (secondary N) is 1. The molecule has 0 radical (unpaired) electrons. The lowest BCUT2D eigenvalue weighted by Gasteiger charge is -2.03. The Labute approximate surface area is 92.9 Å². The molecule has 0 aliphatic carbocycles. The molecule has 0 aliphatic heterocycles. The molecule has 2 aromatic rings. The van der Waals surface area contributed by atoms with Crippen LogP contribution in [-0.2, 0) is 6.54 Å². The Morgan fingerprint density at radius 2 is 2.12 bits per heavy atom. The van der Waals surface area contributed by atoms with Gasteiger partial charge in [0.15, 0.2) is 0 Å². The summed E-state index contributed by atoms with van der Waals surface area (Å²) in [6, 6.07) is 3.86. The maximum Gasteiger partial charge on any atom is 0.323 e. The number of hydrogen-bond donors (Lipinski definition) is 2. The van der Waals surface area contributed by atoms with E-state index in [2.05, 4.69) is 20.2 Å². The van der Waals surface area contributed by atoms with Crippen molar-refractivity contribution in [1.29, 1.82) is 0 Å². The molecule has 6 heteroatoms. The number of ether oxygens (including phenoxy) is 1. The Hall–Kier alpha value is -1.95. The highest BCUT2D eigenvalue weighted by molar-refractivity contribution is 5.19. The quantitative estimate of drug-likeness (QED) is 0.805. The van der Waals surface area contributed by atoms with E-state index in [0.29, 0.717) is 12.4 Å². The highest BCUT2D eigenvalue weighted by Gasteiger charge is 2.05. The maximum atomic E-state index is 5.52. The van der Waals surface area contributed by atoms with E-state index in [4.69, 9.17) is 10.5 Å². The van der Waals surface area contributed by atoms with Crippen molar-refractivity contribution in [2.24, 2.45) is 5.73 Å². The molecule has 3 N–H and O–H groups in total. The second kappa shape index (κ2) is 4.28. The van der Waals surface area contributed by atoms with Gasteiger partial charge in [-0.15, -0.1) is 5.10 Å². The summed E-state index contributed by atoms with van der Waals surface area (Å²) in [6.07, 6.45) is 0. The summed E-state index contributed by atoms with van der Waals surface area (Å²) in [4.78, 5) is 8.29. The number of nitrogens with zero attached hydrogens (tertiary/aromatic N) is 3. The molecule has 6 nitrogen and oxygen atoms in total. The zero-order chi connectivity index (χ0) is 11.5. The third-order valence-electron chi connectivity index (χ3n) is 1.97. The largest absolute Gasteiger partial charge is 0.404 e. The SMILES string of the molecule is Cc1cc(CN)nc(Oc2cc(C)[nH]n2)n1. The fourth-order valence-electron chi connectivity index (χ4n) is 1.29. The van der Waals surface area contributed by atoms with Crippen molar-refractivity contribution in [2.75, 3.05) is 0 Å². The maximum absolute atomic E-state index is 5.52. The minimum absolute atomic E-state index is 0.270. The van der Waals surface area contributed by atoms with Crippen LogP contribution in [0.3, 0.4) is 0 Å². The lowest BCUT2D eigenvalue weighted by molar-refractivity contribution is 0.420. The van der Waals surface area contributed by atoms with Gasteiger partial charge in [-0.3, -0.25) is 5.10 Å². The van der Waals surface area contributed by atoms with Crippen molar-refractivity contribution < 1.29 is 4.74 Å². The Balaban J connectivity index is 2.24. The summed E-state index contributed by atoms with van der Waals surface area (Å²) >= 11 is 0. The first-order valence-electron chi connectivity index (χ1n) is 4.92. The number of aromatic nitrogens is 4. The van der Waals surface area contributed by atoms with E-state index in [1.807, 2.05) is 19.9 Å². The number of aryl methyl sites for hydroxylation is 2. The predicted octanol–water partition coefficient (Wildman–Crippen LogP) is 1.07. The summed E-state index contributed by atoms with van der Waals surface area (Å²) in [6.45, 7) is 4.12. The summed E-state index contributed by atoms with van der Waals surface area (Å²) in [5.41, 5.74) is 8.00. The van der Waals surface area contributed by atoms with Gasteiger partial charge in [-0.25, -0.2) is 4.98 Å². The van der Waals surface area contributed by atoms with E-state index >= 15 is 0 Å². The number of aromatic amines is 1. The first-order chi connectivity index (χ1) is 7.67. The van der Waals surface area contributed by atoms with Gasteiger partial charge in [-0.05, 0) is 19.9 Å². The predicted molar refractivity (Wildman–Crippen MR) is 58.1 cm³/mol. The van der Waals surface area contributed by atoms with E-state index in [1.54, 1.807) is 6.07 Å². The highest BCUT2D eigenvalue weighted by atomic mass is 16.5. The number of H-pyrrole nitrogens is 1. The molecule has 2 aromatic heterocycles. The molecule has 0 bridgehead atoms. The third kappa shape index (κ3) is 2.34. The number of hydrogen-bond acceptors (Lipinski definition) is 5. The standard InChI is InChI=1S/C10H13N5O/c1-6-3-8(5-11)13-10(12-6)16-9-4-7(2)14-15-9/h3-4H,5,11H2,1-2H3,(H,14,15). The zero-order valence-electron chi connectivity index (χ0n) is 9.19. The molecule has 0 unspecified atom stereocenters. The lowest BCUT2D eigenvalue weighted by Crippen LogP contribution is -2.03. The monoisotopic (exact) mass is 219 g/mol. The van der Waals surface area contributed by atoms with E-state index in [0.717, 1.165) is 17.1 Å². The summed E-state index contributed by atoms with van der Waals surface area (Å²) in [5, 5.41) is 6.71.